The van der Waals surface area contributed by atoms with Crippen LogP contribution in [0.5, 0.6) is 0 Å². The van der Waals surface area contributed by atoms with Crippen molar-refractivity contribution in [3.8, 4) is 6.07 Å². The molecule has 1 rings (SSSR count). The van der Waals surface area contributed by atoms with Crippen molar-refractivity contribution in [2.75, 3.05) is 12.4 Å². The van der Waals surface area contributed by atoms with Crippen LogP contribution in [0.1, 0.15) is 43.7 Å². The van der Waals surface area contributed by atoms with Crippen molar-refractivity contribution in [3.63, 3.8) is 0 Å². The Labute approximate surface area is 131 Å². The minimum Gasteiger partial charge on any atom is -0.465 e. The molecule has 0 saturated carbocycles. The van der Waals surface area contributed by atoms with Gasteiger partial charge >= 0.3 is 5.97 Å². The van der Waals surface area contributed by atoms with Crippen LogP contribution in [0.3, 0.4) is 0 Å². The largest absolute Gasteiger partial charge is 0.465 e. The van der Waals surface area contributed by atoms with Gasteiger partial charge in [-0.3, -0.25) is 4.79 Å². The topological polar surface area (TPSA) is 84.2 Å². The highest BCUT2D eigenvalue weighted by Gasteiger charge is 2.18. The van der Waals surface area contributed by atoms with Crippen LogP contribution in [0.15, 0.2) is 24.3 Å². The van der Waals surface area contributed by atoms with Crippen molar-refractivity contribution in [3.05, 3.63) is 35.4 Å². The predicted molar refractivity (Wildman–Crippen MR) is 83.7 cm³/mol. The molecule has 0 fully saturated rings. The molecule has 1 aromatic rings. The number of benzene rings is 1. The van der Waals surface area contributed by atoms with Gasteiger partial charge in [0.25, 0.3) is 0 Å². The fourth-order valence-electron chi connectivity index (χ4n) is 1.97. The number of nitriles is 1. The summed E-state index contributed by atoms with van der Waals surface area (Å²) in [5.74, 6) is -1.61. The Morgan fingerprint density at radius 3 is 2.73 bits per heavy atom. The monoisotopic (exact) mass is 323 g/mol. The fraction of sp³-hybridized carbons (Fsp3) is 0.500. The van der Waals surface area contributed by atoms with Gasteiger partial charge in [0.15, 0.2) is 9.84 Å². The number of hydrogen-bond acceptors (Lipinski definition) is 5. The minimum absolute atomic E-state index is 0.262. The fourth-order valence-corrected chi connectivity index (χ4v) is 3.20. The van der Waals surface area contributed by atoms with Gasteiger partial charge in [0.2, 0.25) is 0 Å². The molecular weight excluding hydrogens is 302 g/mol. The van der Waals surface area contributed by atoms with Gasteiger partial charge in [-0.25, -0.2) is 8.42 Å². The summed E-state index contributed by atoms with van der Waals surface area (Å²) in [5.41, 5.74) is 0.890. The van der Waals surface area contributed by atoms with Crippen LogP contribution in [0.2, 0.25) is 0 Å². The first-order chi connectivity index (χ1) is 10.5. The van der Waals surface area contributed by atoms with E-state index in [-0.39, 0.29) is 12.4 Å². The lowest BCUT2D eigenvalue weighted by Crippen LogP contribution is -2.20. The average molecular weight is 323 g/mol. The van der Waals surface area contributed by atoms with Gasteiger partial charge in [-0.1, -0.05) is 38.3 Å². The van der Waals surface area contributed by atoms with Crippen LogP contribution in [-0.4, -0.2) is 26.7 Å². The number of unbranched alkanes of at least 4 members (excludes halogenated alkanes) is 3. The highest BCUT2D eigenvalue weighted by Crippen LogP contribution is 2.10. The molecule has 0 bridgehead atoms. The van der Waals surface area contributed by atoms with Crippen molar-refractivity contribution in [1.29, 1.82) is 5.26 Å². The van der Waals surface area contributed by atoms with Gasteiger partial charge in [0.1, 0.15) is 5.75 Å². The number of esters is 1. The van der Waals surface area contributed by atoms with Crippen LogP contribution in [0.4, 0.5) is 0 Å². The number of carbonyl (C=O) groups is 1. The maximum Gasteiger partial charge on any atom is 0.321 e. The van der Waals surface area contributed by atoms with E-state index in [9.17, 15) is 13.2 Å². The summed E-state index contributed by atoms with van der Waals surface area (Å²) >= 11 is 0. The first-order valence-electron chi connectivity index (χ1n) is 7.32. The first kappa shape index (κ1) is 18.2. The second-order valence-corrected chi connectivity index (χ2v) is 7.19. The van der Waals surface area contributed by atoms with E-state index in [0.717, 1.165) is 25.7 Å². The molecule has 22 heavy (non-hydrogen) atoms. The molecule has 0 unspecified atom stereocenters. The van der Waals surface area contributed by atoms with Crippen molar-refractivity contribution in [2.45, 2.75) is 38.4 Å². The van der Waals surface area contributed by atoms with Crippen molar-refractivity contribution >= 4 is 15.8 Å². The molecule has 0 atom stereocenters. The number of rotatable bonds is 9. The predicted octanol–water partition coefficient (Wildman–Crippen LogP) is 2.60. The number of nitrogens with zero attached hydrogens (tertiary/aromatic N) is 1. The van der Waals surface area contributed by atoms with Gasteiger partial charge in [-0.05, 0) is 24.1 Å². The summed E-state index contributed by atoms with van der Waals surface area (Å²) < 4.78 is 28.9. The molecule has 0 aliphatic heterocycles. The maximum absolute atomic E-state index is 12.0. The van der Waals surface area contributed by atoms with E-state index in [0.29, 0.717) is 11.1 Å². The molecule has 0 spiro atoms. The second-order valence-electron chi connectivity index (χ2n) is 5.13. The van der Waals surface area contributed by atoms with Crippen molar-refractivity contribution < 1.29 is 17.9 Å². The smallest absolute Gasteiger partial charge is 0.321 e. The molecule has 0 amide bonds. The Morgan fingerprint density at radius 1 is 1.27 bits per heavy atom. The van der Waals surface area contributed by atoms with Crippen LogP contribution in [-0.2, 0) is 25.1 Å². The normalized spacial score (nSPS) is 10.9. The van der Waals surface area contributed by atoms with E-state index >= 15 is 0 Å². The summed E-state index contributed by atoms with van der Waals surface area (Å²) in [6.07, 6.45) is 3.89. The summed E-state index contributed by atoms with van der Waals surface area (Å²) in [6.45, 7) is 2.35. The Bertz CT molecular complexity index is 632. The van der Waals surface area contributed by atoms with Crippen LogP contribution in [0.25, 0.3) is 0 Å². The molecular formula is C16H21NO4S. The third-order valence-corrected chi connectivity index (χ3v) is 4.49. The van der Waals surface area contributed by atoms with Crippen LogP contribution in [0, 0.1) is 11.3 Å². The van der Waals surface area contributed by atoms with Gasteiger partial charge in [0.05, 0.1) is 24.0 Å². The quantitative estimate of drug-likeness (QED) is 0.515. The van der Waals surface area contributed by atoms with E-state index in [1.54, 1.807) is 18.2 Å². The molecule has 6 heteroatoms. The zero-order valence-corrected chi connectivity index (χ0v) is 13.6. The lowest BCUT2D eigenvalue weighted by Gasteiger charge is -2.06. The lowest BCUT2D eigenvalue weighted by molar-refractivity contribution is -0.140. The van der Waals surface area contributed by atoms with Crippen molar-refractivity contribution in [2.24, 2.45) is 0 Å². The van der Waals surface area contributed by atoms with Crippen LogP contribution < -0.4 is 0 Å². The Hall–Kier alpha value is -1.87. The second kappa shape index (κ2) is 9.21. The molecule has 0 N–H and O–H groups in total. The molecule has 120 valence electrons. The Morgan fingerprint density at radius 2 is 2.05 bits per heavy atom. The van der Waals surface area contributed by atoms with E-state index in [4.69, 9.17) is 10.00 Å². The van der Waals surface area contributed by atoms with E-state index < -0.39 is 21.6 Å². The summed E-state index contributed by atoms with van der Waals surface area (Å²) in [6, 6.07) is 8.30. The standard InChI is InChI=1S/C16H21NO4S/c1-2-3-4-5-9-21-16(18)13-22(19,20)12-15-8-6-7-14(10-15)11-17/h6-8,10H,2-5,9,12-13H2,1H3. The molecule has 0 aromatic heterocycles. The average Bonchev–Trinajstić information content (AvgIpc) is 2.46. The maximum atomic E-state index is 12.0. The number of carbonyl (C=O) groups excluding carboxylic acids is 1. The zero-order chi connectivity index (χ0) is 16.4. The molecule has 5 nitrogen and oxygen atoms in total. The Kier molecular flexibility index (Phi) is 7.61. The third-order valence-electron chi connectivity index (χ3n) is 3.04. The third kappa shape index (κ3) is 7.23. The first-order valence-corrected chi connectivity index (χ1v) is 9.14. The number of sulfone groups is 1. The van der Waals surface area contributed by atoms with E-state index in [1.165, 1.54) is 6.07 Å². The van der Waals surface area contributed by atoms with Crippen LogP contribution >= 0.6 is 0 Å². The van der Waals surface area contributed by atoms with Gasteiger partial charge in [-0.2, -0.15) is 5.26 Å². The SMILES string of the molecule is CCCCCCOC(=O)CS(=O)(=O)Cc1cccc(C#N)c1. The van der Waals surface area contributed by atoms with E-state index in [2.05, 4.69) is 6.92 Å². The highest BCUT2D eigenvalue weighted by molar-refractivity contribution is 7.91. The van der Waals surface area contributed by atoms with Gasteiger partial charge < -0.3 is 4.74 Å². The number of hydrogen-bond donors (Lipinski definition) is 0. The molecule has 1 aromatic carbocycles. The summed E-state index contributed by atoms with van der Waals surface area (Å²) in [4.78, 5) is 11.6. The number of ether oxygens (including phenoxy) is 1. The van der Waals surface area contributed by atoms with Crippen molar-refractivity contribution in [1.82, 2.24) is 0 Å². The molecule has 0 aliphatic carbocycles. The van der Waals surface area contributed by atoms with Gasteiger partial charge in [-0.15, -0.1) is 0 Å². The molecule has 0 heterocycles. The van der Waals surface area contributed by atoms with Gasteiger partial charge in [0, 0.05) is 0 Å². The minimum atomic E-state index is -3.59. The summed E-state index contributed by atoms with van der Waals surface area (Å²) in [5, 5.41) is 8.79. The molecule has 0 aliphatic rings. The molecule has 0 radical (unpaired) electrons. The Balaban J connectivity index is 2.46. The molecule has 0 saturated heterocycles. The van der Waals surface area contributed by atoms with E-state index in [1.807, 2.05) is 6.07 Å². The lowest BCUT2D eigenvalue weighted by atomic mass is 10.2. The highest BCUT2D eigenvalue weighted by atomic mass is 32.2. The summed E-state index contributed by atoms with van der Waals surface area (Å²) in [7, 11) is -3.59. The zero-order valence-electron chi connectivity index (χ0n) is 12.7.